The fourth-order valence-electron chi connectivity index (χ4n) is 1.47. The summed E-state index contributed by atoms with van der Waals surface area (Å²) >= 11 is 0. The molecule has 0 unspecified atom stereocenters. The van der Waals surface area contributed by atoms with Crippen LogP contribution in [0.25, 0.3) is 5.69 Å². The van der Waals surface area contributed by atoms with Crippen molar-refractivity contribution in [3.05, 3.63) is 55.1 Å². The standard InChI is InChI=1S/C12H14N4/c1-2-8-13-9-12-15-14-10-16(12)11-6-4-3-5-7-11/h2-7,10,13H,1,8-9H2. The van der Waals surface area contributed by atoms with Gasteiger partial charge in [0, 0.05) is 12.2 Å². The number of nitrogens with one attached hydrogen (secondary N) is 1. The van der Waals surface area contributed by atoms with Crippen molar-refractivity contribution in [1.29, 1.82) is 0 Å². The highest BCUT2D eigenvalue weighted by Gasteiger charge is 2.04. The van der Waals surface area contributed by atoms with Gasteiger partial charge in [-0.3, -0.25) is 4.57 Å². The second-order valence-corrected chi connectivity index (χ2v) is 3.37. The molecule has 1 N–H and O–H groups in total. The Bertz CT molecular complexity index is 447. The molecular weight excluding hydrogens is 200 g/mol. The Hall–Kier alpha value is -1.94. The topological polar surface area (TPSA) is 42.7 Å². The molecule has 16 heavy (non-hydrogen) atoms. The van der Waals surface area contributed by atoms with Crippen molar-refractivity contribution in [1.82, 2.24) is 20.1 Å². The van der Waals surface area contributed by atoms with Crippen LogP contribution in [0.3, 0.4) is 0 Å². The maximum absolute atomic E-state index is 4.08. The molecule has 4 nitrogen and oxygen atoms in total. The van der Waals surface area contributed by atoms with Gasteiger partial charge in [0.2, 0.25) is 0 Å². The Morgan fingerprint density at radius 1 is 1.31 bits per heavy atom. The zero-order valence-electron chi connectivity index (χ0n) is 9.00. The summed E-state index contributed by atoms with van der Waals surface area (Å²) in [5, 5.41) is 11.2. The van der Waals surface area contributed by atoms with E-state index in [1.54, 1.807) is 6.33 Å². The van der Waals surface area contributed by atoms with Crippen molar-refractivity contribution >= 4 is 0 Å². The average molecular weight is 214 g/mol. The summed E-state index contributed by atoms with van der Waals surface area (Å²) < 4.78 is 1.97. The van der Waals surface area contributed by atoms with Gasteiger partial charge in [-0.1, -0.05) is 24.3 Å². The second-order valence-electron chi connectivity index (χ2n) is 3.37. The Morgan fingerprint density at radius 2 is 2.12 bits per heavy atom. The minimum atomic E-state index is 0.681. The van der Waals surface area contributed by atoms with E-state index in [0.29, 0.717) is 6.54 Å². The molecule has 0 aliphatic heterocycles. The van der Waals surface area contributed by atoms with Gasteiger partial charge >= 0.3 is 0 Å². The van der Waals surface area contributed by atoms with Crippen LogP contribution in [0.1, 0.15) is 5.82 Å². The van der Waals surface area contributed by atoms with Crippen LogP contribution >= 0.6 is 0 Å². The third kappa shape index (κ3) is 2.35. The first-order valence-corrected chi connectivity index (χ1v) is 5.18. The van der Waals surface area contributed by atoms with Crippen molar-refractivity contribution in [2.45, 2.75) is 6.54 Å². The third-order valence-corrected chi connectivity index (χ3v) is 2.22. The van der Waals surface area contributed by atoms with Gasteiger partial charge in [0.15, 0.2) is 5.82 Å². The summed E-state index contributed by atoms with van der Waals surface area (Å²) in [6.45, 7) is 5.10. The molecule has 0 saturated heterocycles. The van der Waals surface area contributed by atoms with Crippen molar-refractivity contribution in [3.8, 4) is 5.69 Å². The van der Waals surface area contributed by atoms with E-state index >= 15 is 0 Å². The minimum absolute atomic E-state index is 0.681. The van der Waals surface area contributed by atoms with E-state index in [4.69, 9.17) is 0 Å². The summed E-state index contributed by atoms with van der Waals surface area (Å²) in [6, 6.07) is 10.0. The summed E-state index contributed by atoms with van der Waals surface area (Å²) in [5.74, 6) is 0.896. The normalized spacial score (nSPS) is 10.2. The number of aromatic nitrogens is 3. The van der Waals surface area contributed by atoms with E-state index in [-0.39, 0.29) is 0 Å². The largest absolute Gasteiger partial charge is 0.306 e. The summed E-state index contributed by atoms with van der Waals surface area (Å²) in [6.07, 6.45) is 3.55. The van der Waals surface area contributed by atoms with Gasteiger partial charge < -0.3 is 5.32 Å². The number of benzene rings is 1. The molecule has 0 aliphatic rings. The Balaban J connectivity index is 2.16. The molecule has 4 heteroatoms. The van der Waals surface area contributed by atoms with Crippen LogP contribution in [0.2, 0.25) is 0 Å². The predicted molar refractivity (Wildman–Crippen MR) is 63.3 cm³/mol. The van der Waals surface area contributed by atoms with E-state index < -0.39 is 0 Å². The quantitative estimate of drug-likeness (QED) is 0.606. The number of nitrogens with zero attached hydrogens (tertiary/aromatic N) is 3. The number of hydrogen-bond acceptors (Lipinski definition) is 3. The van der Waals surface area contributed by atoms with E-state index in [9.17, 15) is 0 Å². The van der Waals surface area contributed by atoms with Crippen LogP contribution in [0.4, 0.5) is 0 Å². The molecule has 82 valence electrons. The zero-order chi connectivity index (χ0) is 11.2. The van der Waals surface area contributed by atoms with E-state index in [1.165, 1.54) is 0 Å². The molecule has 2 aromatic rings. The van der Waals surface area contributed by atoms with Crippen LogP contribution in [-0.2, 0) is 6.54 Å². The Labute approximate surface area is 94.6 Å². The lowest BCUT2D eigenvalue weighted by Crippen LogP contribution is -2.16. The fraction of sp³-hybridized carbons (Fsp3) is 0.167. The van der Waals surface area contributed by atoms with Gasteiger partial charge in [0.05, 0.1) is 6.54 Å². The van der Waals surface area contributed by atoms with Gasteiger partial charge in [-0.15, -0.1) is 16.8 Å². The molecular formula is C12H14N4. The van der Waals surface area contributed by atoms with Crippen LogP contribution in [0.5, 0.6) is 0 Å². The maximum atomic E-state index is 4.08. The first kappa shape index (κ1) is 10.6. The molecule has 1 aromatic carbocycles. The van der Waals surface area contributed by atoms with Gasteiger partial charge in [-0.05, 0) is 12.1 Å². The Morgan fingerprint density at radius 3 is 2.88 bits per heavy atom. The SMILES string of the molecule is C=CCNCc1nncn1-c1ccccc1. The van der Waals surface area contributed by atoms with Crippen LogP contribution in [0, 0.1) is 0 Å². The lowest BCUT2D eigenvalue weighted by molar-refractivity contribution is 0.700. The smallest absolute Gasteiger partial charge is 0.151 e. The van der Waals surface area contributed by atoms with E-state index in [0.717, 1.165) is 18.1 Å². The van der Waals surface area contributed by atoms with Gasteiger partial charge in [-0.25, -0.2) is 0 Å². The molecule has 0 aliphatic carbocycles. The first-order valence-electron chi connectivity index (χ1n) is 5.18. The number of rotatable bonds is 5. The summed E-state index contributed by atoms with van der Waals surface area (Å²) in [4.78, 5) is 0. The molecule has 0 amide bonds. The molecule has 0 radical (unpaired) electrons. The predicted octanol–water partition coefficient (Wildman–Crippen LogP) is 1.54. The lowest BCUT2D eigenvalue weighted by Gasteiger charge is -2.06. The number of hydrogen-bond donors (Lipinski definition) is 1. The highest BCUT2D eigenvalue weighted by Crippen LogP contribution is 2.08. The van der Waals surface area contributed by atoms with Crippen LogP contribution in [0.15, 0.2) is 49.3 Å². The number of para-hydroxylation sites is 1. The van der Waals surface area contributed by atoms with Gasteiger partial charge in [0.1, 0.15) is 6.33 Å². The van der Waals surface area contributed by atoms with Gasteiger partial charge in [-0.2, -0.15) is 0 Å². The van der Waals surface area contributed by atoms with Gasteiger partial charge in [0.25, 0.3) is 0 Å². The van der Waals surface area contributed by atoms with Crippen molar-refractivity contribution in [2.75, 3.05) is 6.54 Å². The third-order valence-electron chi connectivity index (χ3n) is 2.22. The highest BCUT2D eigenvalue weighted by molar-refractivity contribution is 5.31. The maximum Gasteiger partial charge on any atom is 0.151 e. The first-order chi connectivity index (χ1) is 7.92. The van der Waals surface area contributed by atoms with Crippen LogP contribution in [-0.4, -0.2) is 21.3 Å². The molecule has 0 saturated carbocycles. The monoisotopic (exact) mass is 214 g/mol. The summed E-state index contributed by atoms with van der Waals surface area (Å²) in [5.41, 5.74) is 1.07. The molecule has 1 aromatic heterocycles. The van der Waals surface area contributed by atoms with Crippen molar-refractivity contribution in [3.63, 3.8) is 0 Å². The lowest BCUT2D eigenvalue weighted by atomic mass is 10.3. The highest BCUT2D eigenvalue weighted by atomic mass is 15.3. The summed E-state index contributed by atoms with van der Waals surface area (Å²) in [7, 11) is 0. The second kappa shape index (κ2) is 5.23. The fourth-order valence-corrected chi connectivity index (χ4v) is 1.47. The molecule has 0 fully saturated rings. The van der Waals surface area contributed by atoms with Crippen molar-refractivity contribution < 1.29 is 0 Å². The molecule has 0 bridgehead atoms. The Kier molecular flexibility index (Phi) is 3.46. The van der Waals surface area contributed by atoms with E-state index in [2.05, 4.69) is 22.1 Å². The average Bonchev–Trinajstić information content (AvgIpc) is 2.79. The van der Waals surface area contributed by atoms with Crippen LogP contribution < -0.4 is 5.32 Å². The van der Waals surface area contributed by atoms with Crippen molar-refractivity contribution in [2.24, 2.45) is 0 Å². The molecule has 0 spiro atoms. The minimum Gasteiger partial charge on any atom is -0.306 e. The van der Waals surface area contributed by atoms with E-state index in [1.807, 2.05) is 41.0 Å². The molecule has 0 atom stereocenters. The molecule has 1 heterocycles. The zero-order valence-corrected chi connectivity index (χ0v) is 9.00. The molecule has 2 rings (SSSR count).